The van der Waals surface area contributed by atoms with Crippen molar-refractivity contribution in [3.8, 4) is 0 Å². The molecule has 3 N–H and O–H groups in total. The van der Waals surface area contributed by atoms with Crippen molar-refractivity contribution in [3.05, 3.63) is 0 Å². The number of hydrogen-bond acceptors (Lipinski definition) is 5. The van der Waals surface area contributed by atoms with Crippen molar-refractivity contribution in [1.29, 1.82) is 0 Å². The molecule has 0 rings (SSSR count). The molecule has 5 nitrogen and oxygen atoms in total. The van der Waals surface area contributed by atoms with Crippen molar-refractivity contribution < 1.29 is 14.7 Å². The molecule has 0 heterocycles. The van der Waals surface area contributed by atoms with E-state index in [1.54, 1.807) is 12.2 Å². The van der Waals surface area contributed by atoms with Gasteiger partial charge in [0.15, 0.2) is 6.29 Å². The fraction of sp³-hybridized carbons (Fsp3) is 1.00. The fourth-order valence-corrected chi connectivity index (χ4v) is 0.773. The van der Waals surface area contributed by atoms with Gasteiger partial charge in [0.2, 0.25) is 0 Å². The molecule has 0 saturated heterocycles. The first-order chi connectivity index (χ1) is 5.74. The zero-order valence-electron chi connectivity index (χ0n) is 7.69. The van der Waals surface area contributed by atoms with Crippen LogP contribution >= 0.6 is 0 Å². The summed E-state index contributed by atoms with van der Waals surface area (Å²) in [6, 6.07) is 0. The summed E-state index contributed by atoms with van der Waals surface area (Å²) in [5.41, 5.74) is 5.32. The maximum atomic E-state index is 9.08. The van der Waals surface area contributed by atoms with E-state index in [-0.39, 0.29) is 0 Å². The molecule has 1 unspecified atom stereocenters. The summed E-state index contributed by atoms with van der Waals surface area (Å²) < 4.78 is 4.67. The lowest BCUT2D eigenvalue weighted by Crippen LogP contribution is -2.34. The Bertz CT molecular complexity index is 103. The number of methoxy groups -OCH3 is 1. The predicted octanol–water partition coefficient (Wildman–Crippen LogP) is -0.837. The van der Waals surface area contributed by atoms with Gasteiger partial charge < -0.3 is 20.4 Å². The second-order valence-electron chi connectivity index (χ2n) is 2.40. The maximum absolute atomic E-state index is 9.08. The Morgan fingerprint density at radius 3 is 2.58 bits per heavy atom. The third kappa shape index (κ3) is 5.45. The van der Waals surface area contributed by atoms with E-state index in [1.807, 2.05) is 0 Å². The minimum absolute atomic E-state index is 0.340. The highest BCUT2D eigenvalue weighted by molar-refractivity contribution is 4.49. The number of aliphatic hydroxyl groups is 1. The summed E-state index contributed by atoms with van der Waals surface area (Å²) in [6.45, 7) is 1.66. The number of hydrogen-bond donors (Lipinski definition) is 2. The molecule has 0 spiro atoms. The Labute approximate surface area is 73.0 Å². The average molecular weight is 178 g/mol. The lowest BCUT2D eigenvalue weighted by Gasteiger charge is -2.21. The monoisotopic (exact) mass is 178 g/mol. The summed E-state index contributed by atoms with van der Waals surface area (Å²) >= 11 is 0. The third-order valence-corrected chi connectivity index (χ3v) is 1.50. The molecule has 0 aromatic carbocycles. The maximum Gasteiger partial charge on any atom is 0.169 e. The van der Waals surface area contributed by atoms with Gasteiger partial charge in [0, 0.05) is 13.7 Å². The Morgan fingerprint density at radius 1 is 1.50 bits per heavy atom. The van der Waals surface area contributed by atoms with Crippen molar-refractivity contribution >= 4 is 0 Å². The second-order valence-corrected chi connectivity index (χ2v) is 2.40. The molecule has 0 saturated carbocycles. The van der Waals surface area contributed by atoms with Crippen LogP contribution in [-0.4, -0.2) is 50.3 Å². The number of nitrogens with two attached hydrogens (primary N) is 1. The van der Waals surface area contributed by atoms with Gasteiger partial charge in [0.05, 0.1) is 13.7 Å². The first kappa shape index (κ1) is 11.8. The largest absolute Gasteiger partial charge is 0.367 e. The molecule has 1 atom stereocenters. The zero-order chi connectivity index (χ0) is 9.40. The van der Waals surface area contributed by atoms with Crippen LogP contribution in [0.4, 0.5) is 0 Å². The molecule has 0 aliphatic heterocycles. The van der Waals surface area contributed by atoms with Crippen molar-refractivity contribution in [2.75, 3.05) is 33.9 Å². The van der Waals surface area contributed by atoms with Gasteiger partial charge in [-0.15, -0.1) is 0 Å². The molecule has 12 heavy (non-hydrogen) atoms. The van der Waals surface area contributed by atoms with Crippen molar-refractivity contribution in [2.24, 2.45) is 5.73 Å². The zero-order valence-corrected chi connectivity index (χ0v) is 7.69. The minimum Gasteiger partial charge on any atom is -0.367 e. The van der Waals surface area contributed by atoms with E-state index in [0.29, 0.717) is 19.6 Å². The number of rotatable bonds is 7. The first-order valence-electron chi connectivity index (χ1n) is 3.94. The summed E-state index contributed by atoms with van der Waals surface area (Å²) in [6.07, 6.45) is 0.0345. The van der Waals surface area contributed by atoms with Crippen LogP contribution in [0, 0.1) is 0 Å². The molecule has 74 valence electrons. The average Bonchev–Trinajstić information content (AvgIpc) is 2.11. The van der Waals surface area contributed by atoms with E-state index in [9.17, 15) is 0 Å². The number of aliphatic hydroxyl groups excluding tert-OH is 1. The van der Waals surface area contributed by atoms with Gasteiger partial charge in [-0.3, -0.25) is 0 Å². The number of ether oxygens (including phenoxy) is 1. The van der Waals surface area contributed by atoms with Gasteiger partial charge in [0.25, 0.3) is 0 Å². The van der Waals surface area contributed by atoms with Gasteiger partial charge in [-0.2, -0.15) is 5.06 Å². The standard InChI is InChI=1S/C7H18N2O3/c1-11-7(10)6-9(12-2)5-3-4-8/h7,10H,3-6,8H2,1-2H3. The van der Waals surface area contributed by atoms with Gasteiger partial charge >= 0.3 is 0 Å². The Kier molecular flexibility index (Phi) is 7.33. The van der Waals surface area contributed by atoms with E-state index in [1.165, 1.54) is 7.11 Å². The molecule has 0 aromatic rings. The van der Waals surface area contributed by atoms with E-state index < -0.39 is 6.29 Å². The highest BCUT2D eigenvalue weighted by Crippen LogP contribution is 1.94. The Balaban J connectivity index is 3.51. The molecule has 0 aromatic heterocycles. The van der Waals surface area contributed by atoms with Crippen LogP contribution in [0.3, 0.4) is 0 Å². The third-order valence-electron chi connectivity index (χ3n) is 1.50. The summed E-state index contributed by atoms with van der Waals surface area (Å²) in [5, 5.41) is 10.7. The highest BCUT2D eigenvalue weighted by Gasteiger charge is 2.08. The quantitative estimate of drug-likeness (QED) is 0.393. The van der Waals surface area contributed by atoms with Crippen LogP contribution < -0.4 is 5.73 Å². The van der Waals surface area contributed by atoms with E-state index in [4.69, 9.17) is 15.7 Å². The van der Waals surface area contributed by atoms with Crippen molar-refractivity contribution in [3.63, 3.8) is 0 Å². The smallest absolute Gasteiger partial charge is 0.169 e. The molecule has 0 radical (unpaired) electrons. The fourth-order valence-electron chi connectivity index (χ4n) is 0.773. The minimum atomic E-state index is -0.803. The predicted molar refractivity (Wildman–Crippen MR) is 45.3 cm³/mol. The molecule has 0 aliphatic carbocycles. The van der Waals surface area contributed by atoms with E-state index >= 15 is 0 Å². The summed E-state index contributed by atoms with van der Waals surface area (Å²) in [5.74, 6) is 0. The lowest BCUT2D eigenvalue weighted by molar-refractivity contribution is -0.189. The SMILES string of the molecule is COC(O)CN(CCCN)OC. The van der Waals surface area contributed by atoms with Gasteiger partial charge in [0.1, 0.15) is 0 Å². The van der Waals surface area contributed by atoms with Crippen molar-refractivity contribution in [1.82, 2.24) is 5.06 Å². The molecule has 0 bridgehead atoms. The topological polar surface area (TPSA) is 68.0 Å². The lowest BCUT2D eigenvalue weighted by atomic mass is 10.4. The first-order valence-corrected chi connectivity index (χ1v) is 3.94. The number of nitrogens with zero attached hydrogens (tertiary/aromatic N) is 1. The second kappa shape index (κ2) is 7.45. The normalized spacial score (nSPS) is 13.8. The Morgan fingerprint density at radius 2 is 2.17 bits per heavy atom. The van der Waals surface area contributed by atoms with Crippen LogP contribution in [0.1, 0.15) is 6.42 Å². The Hall–Kier alpha value is -0.200. The van der Waals surface area contributed by atoms with E-state index in [2.05, 4.69) is 4.74 Å². The molecule has 0 fully saturated rings. The van der Waals surface area contributed by atoms with Gasteiger partial charge in [-0.25, -0.2) is 0 Å². The summed E-state index contributed by atoms with van der Waals surface area (Å²) in [4.78, 5) is 4.96. The summed E-state index contributed by atoms with van der Waals surface area (Å²) in [7, 11) is 3.00. The molecule has 5 heteroatoms. The van der Waals surface area contributed by atoms with Crippen molar-refractivity contribution in [2.45, 2.75) is 12.7 Å². The molecular weight excluding hydrogens is 160 g/mol. The molecule has 0 amide bonds. The molecular formula is C7H18N2O3. The highest BCUT2D eigenvalue weighted by atomic mass is 16.7. The molecule has 0 aliphatic rings. The number of hydroxylamine groups is 2. The van der Waals surface area contributed by atoms with Crippen LogP contribution in [0.25, 0.3) is 0 Å². The van der Waals surface area contributed by atoms with E-state index in [0.717, 1.165) is 6.42 Å². The van der Waals surface area contributed by atoms with Crippen LogP contribution in [-0.2, 0) is 9.57 Å². The van der Waals surface area contributed by atoms with Crippen LogP contribution in [0.15, 0.2) is 0 Å². The van der Waals surface area contributed by atoms with Gasteiger partial charge in [-0.1, -0.05) is 0 Å². The van der Waals surface area contributed by atoms with Crippen LogP contribution in [0.5, 0.6) is 0 Å². The van der Waals surface area contributed by atoms with Crippen LogP contribution in [0.2, 0.25) is 0 Å². The van der Waals surface area contributed by atoms with Gasteiger partial charge in [-0.05, 0) is 13.0 Å².